The van der Waals surface area contributed by atoms with Crippen LogP contribution in [0.15, 0.2) is 91.0 Å². The Labute approximate surface area is 218 Å². The van der Waals surface area contributed by atoms with Gasteiger partial charge in [0.05, 0.1) is 22.3 Å². The molecule has 2 aliphatic rings. The molecule has 0 saturated carbocycles. The Bertz CT molecular complexity index is 1580. The number of hydrogen-bond acceptors (Lipinski definition) is 7. The van der Waals surface area contributed by atoms with Crippen LogP contribution in [0.4, 0.5) is 22.7 Å². The van der Waals surface area contributed by atoms with Crippen molar-refractivity contribution in [2.45, 2.75) is 12.1 Å². The molecule has 2 saturated heterocycles. The molecule has 3 atom stereocenters. The first kappa shape index (κ1) is 23.6. The molecule has 9 heteroatoms. The third kappa shape index (κ3) is 3.67. The van der Waals surface area contributed by atoms with E-state index in [0.29, 0.717) is 11.4 Å². The van der Waals surface area contributed by atoms with E-state index in [0.717, 1.165) is 22.0 Å². The zero-order valence-electron chi connectivity index (χ0n) is 20.7. The second-order valence-electron chi connectivity index (χ2n) is 9.60. The fourth-order valence-corrected chi connectivity index (χ4v) is 5.33. The van der Waals surface area contributed by atoms with Crippen molar-refractivity contribution in [3.8, 4) is 0 Å². The quantitative estimate of drug-likeness (QED) is 0.216. The largest absolute Gasteiger partial charge is 0.378 e. The second-order valence-corrected chi connectivity index (χ2v) is 9.60. The Kier molecular flexibility index (Phi) is 5.57. The van der Waals surface area contributed by atoms with Crippen molar-refractivity contribution >= 4 is 45.3 Å². The van der Waals surface area contributed by atoms with E-state index >= 15 is 0 Å². The molecule has 9 nitrogen and oxygen atoms in total. The molecule has 0 unspecified atom stereocenters. The summed E-state index contributed by atoms with van der Waals surface area (Å²) < 4.78 is 0. The maximum atomic E-state index is 14.0. The summed E-state index contributed by atoms with van der Waals surface area (Å²) in [7, 11) is 3.86. The number of nitrogens with zero attached hydrogens (tertiary/aromatic N) is 4. The van der Waals surface area contributed by atoms with Crippen LogP contribution >= 0.6 is 0 Å². The van der Waals surface area contributed by atoms with Gasteiger partial charge in [-0.1, -0.05) is 54.6 Å². The van der Waals surface area contributed by atoms with Gasteiger partial charge in [0.25, 0.3) is 11.6 Å². The van der Waals surface area contributed by atoms with Gasteiger partial charge in [-0.25, -0.2) is 9.96 Å². The Morgan fingerprint density at radius 3 is 2.32 bits per heavy atom. The minimum Gasteiger partial charge on any atom is -0.378 e. The van der Waals surface area contributed by atoms with Gasteiger partial charge in [0.2, 0.25) is 5.91 Å². The number of amides is 2. The first-order valence-corrected chi connectivity index (χ1v) is 12.2. The van der Waals surface area contributed by atoms with Gasteiger partial charge in [-0.2, -0.15) is 0 Å². The third-order valence-corrected chi connectivity index (χ3v) is 7.17. The molecule has 2 amide bonds. The predicted octanol–water partition coefficient (Wildman–Crippen LogP) is 4.87. The highest BCUT2D eigenvalue weighted by Gasteiger charge is 2.60. The maximum Gasteiger partial charge on any atom is 0.271 e. The highest BCUT2D eigenvalue weighted by Crippen LogP contribution is 2.48. The molecule has 4 aromatic carbocycles. The normalized spacial score (nSPS) is 20.7. The number of carbonyl (C=O) groups is 2. The van der Waals surface area contributed by atoms with Crippen molar-refractivity contribution in [3.63, 3.8) is 0 Å². The summed E-state index contributed by atoms with van der Waals surface area (Å²) in [6.07, 6.45) is -1.07. The van der Waals surface area contributed by atoms with Crippen LogP contribution in [0.5, 0.6) is 0 Å². The Hall–Kier alpha value is -4.76. The van der Waals surface area contributed by atoms with Crippen molar-refractivity contribution in [1.29, 1.82) is 0 Å². The second kappa shape index (κ2) is 8.97. The summed E-state index contributed by atoms with van der Waals surface area (Å²) in [5.74, 6) is -1.67. The number of fused-ring (bicyclic) bond motifs is 2. The molecule has 0 bridgehead atoms. The zero-order chi connectivity index (χ0) is 26.6. The zero-order valence-corrected chi connectivity index (χ0v) is 20.7. The molecular formula is C29H24N4O5. The van der Waals surface area contributed by atoms with Gasteiger partial charge in [-0.05, 0) is 35.2 Å². The van der Waals surface area contributed by atoms with Crippen molar-refractivity contribution in [2.75, 3.05) is 29.0 Å². The summed E-state index contributed by atoms with van der Waals surface area (Å²) in [4.78, 5) is 48.1. The number of benzene rings is 4. The molecule has 0 aliphatic carbocycles. The van der Waals surface area contributed by atoms with Crippen LogP contribution in [0.3, 0.4) is 0 Å². The van der Waals surface area contributed by atoms with Gasteiger partial charge >= 0.3 is 0 Å². The van der Waals surface area contributed by atoms with E-state index in [1.165, 1.54) is 22.1 Å². The van der Waals surface area contributed by atoms with Crippen LogP contribution in [0.25, 0.3) is 10.8 Å². The fourth-order valence-electron chi connectivity index (χ4n) is 5.33. The number of hydroxylamine groups is 1. The number of carbonyl (C=O) groups excluding carboxylic acids is 2. The van der Waals surface area contributed by atoms with E-state index in [4.69, 9.17) is 4.84 Å². The van der Waals surface area contributed by atoms with Crippen molar-refractivity contribution in [2.24, 2.45) is 5.92 Å². The van der Waals surface area contributed by atoms with Crippen LogP contribution in [0.2, 0.25) is 0 Å². The van der Waals surface area contributed by atoms with Gasteiger partial charge in [0.1, 0.15) is 5.92 Å². The van der Waals surface area contributed by atoms with E-state index in [1.807, 2.05) is 79.7 Å². The lowest BCUT2D eigenvalue weighted by atomic mass is 9.90. The first-order chi connectivity index (χ1) is 18.3. The smallest absolute Gasteiger partial charge is 0.271 e. The van der Waals surface area contributed by atoms with Crippen LogP contribution in [0.1, 0.15) is 11.6 Å². The van der Waals surface area contributed by atoms with Gasteiger partial charge in [-0.3, -0.25) is 24.5 Å². The van der Waals surface area contributed by atoms with Gasteiger partial charge in [-0.15, -0.1) is 0 Å². The van der Waals surface area contributed by atoms with E-state index in [1.54, 1.807) is 18.2 Å². The summed E-state index contributed by atoms with van der Waals surface area (Å²) >= 11 is 0. The molecule has 38 heavy (non-hydrogen) atoms. The molecule has 0 aromatic heterocycles. The Morgan fingerprint density at radius 2 is 1.58 bits per heavy atom. The lowest BCUT2D eigenvalue weighted by Gasteiger charge is -2.29. The molecule has 0 N–H and O–H groups in total. The van der Waals surface area contributed by atoms with E-state index in [9.17, 15) is 19.7 Å². The third-order valence-electron chi connectivity index (χ3n) is 7.17. The fraction of sp³-hybridized carbons (Fsp3) is 0.172. The minimum absolute atomic E-state index is 0.111. The van der Waals surface area contributed by atoms with Crippen molar-refractivity contribution in [3.05, 3.63) is 107 Å². The summed E-state index contributed by atoms with van der Waals surface area (Å²) in [5, 5.41) is 14.6. The highest BCUT2D eigenvalue weighted by molar-refractivity contribution is 6.26. The minimum atomic E-state index is -1.07. The molecule has 4 aromatic rings. The number of rotatable bonds is 5. The highest BCUT2D eigenvalue weighted by atomic mass is 16.7. The van der Waals surface area contributed by atoms with E-state index in [-0.39, 0.29) is 11.6 Å². The molecule has 2 heterocycles. The first-order valence-electron chi connectivity index (χ1n) is 12.2. The summed E-state index contributed by atoms with van der Waals surface area (Å²) in [6.45, 7) is 0. The molecular weight excluding hydrogens is 484 g/mol. The lowest BCUT2D eigenvalue weighted by Crippen LogP contribution is -2.37. The van der Waals surface area contributed by atoms with E-state index in [2.05, 4.69) is 0 Å². The number of imide groups is 1. The standard InChI is InChI=1S/C29H24N4O5/c1-30(2)20-15-13-19(14-16-20)26-25-27(38-32(26)21-9-6-10-22(17-21)33(36)37)29(35)31(28(25)34)24-12-5-8-18-7-3-4-11-23(18)24/h3-17,25-27H,1-2H3/t25-,26-,27-/m0/s1. The summed E-state index contributed by atoms with van der Waals surface area (Å²) in [5.41, 5.74) is 2.53. The average Bonchev–Trinajstić information content (AvgIpc) is 3.44. The SMILES string of the molecule is CN(C)c1ccc([C@H]2[C@@H]3C(=O)N(c4cccc5ccccc45)C(=O)[C@H]3ON2c2cccc([N+](=O)[O-])c2)cc1. The Morgan fingerprint density at radius 1 is 0.868 bits per heavy atom. The monoisotopic (exact) mass is 508 g/mol. The van der Waals surface area contributed by atoms with Crippen LogP contribution in [-0.4, -0.2) is 36.9 Å². The summed E-state index contributed by atoms with van der Waals surface area (Å²) in [6, 6.07) is 26.1. The number of nitro benzene ring substituents is 1. The van der Waals surface area contributed by atoms with Crippen molar-refractivity contribution < 1.29 is 19.3 Å². The van der Waals surface area contributed by atoms with Crippen LogP contribution in [0, 0.1) is 16.0 Å². The number of hydrogen-bond donors (Lipinski definition) is 0. The lowest BCUT2D eigenvalue weighted by molar-refractivity contribution is -0.384. The molecule has 2 fully saturated rings. The number of anilines is 3. The maximum absolute atomic E-state index is 14.0. The topological polar surface area (TPSA) is 96.2 Å². The van der Waals surface area contributed by atoms with Crippen molar-refractivity contribution in [1.82, 2.24) is 0 Å². The molecule has 0 radical (unpaired) electrons. The molecule has 6 rings (SSSR count). The van der Waals surface area contributed by atoms with Gasteiger partial charge < -0.3 is 4.90 Å². The predicted molar refractivity (Wildman–Crippen MR) is 144 cm³/mol. The van der Waals surface area contributed by atoms with E-state index < -0.39 is 28.9 Å². The average molecular weight is 509 g/mol. The van der Waals surface area contributed by atoms with Crippen LogP contribution in [-0.2, 0) is 14.4 Å². The molecule has 190 valence electrons. The number of nitro groups is 1. The molecule has 2 aliphatic heterocycles. The van der Waals surface area contributed by atoms with Gasteiger partial charge in [0.15, 0.2) is 6.10 Å². The molecule has 0 spiro atoms. The van der Waals surface area contributed by atoms with Gasteiger partial charge in [0, 0.05) is 37.3 Å². The van der Waals surface area contributed by atoms with Crippen LogP contribution < -0.4 is 14.9 Å². The Balaban J connectivity index is 1.46. The number of non-ortho nitro benzene ring substituents is 1.